The van der Waals surface area contributed by atoms with E-state index in [4.69, 9.17) is 11.6 Å². The van der Waals surface area contributed by atoms with Crippen LogP contribution in [0, 0.1) is 5.92 Å². The molecule has 3 heterocycles. The standard InChI is InChI=1S/C15H19ClN6/c1-17-13-14(16)20-10-21-15(13)22-7-5-11(9-22)8-19-12-4-2-3-6-18-12/h2-4,6,10-11,17H,5,7-9H2,1H3,(H,18,19). The summed E-state index contributed by atoms with van der Waals surface area (Å²) < 4.78 is 0. The summed E-state index contributed by atoms with van der Waals surface area (Å²) in [6.45, 7) is 2.82. The van der Waals surface area contributed by atoms with E-state index in [2.05, 4.69) is 30.5 Å². The molecule has 2 aromatic heterocycles. The monoisotopic (exact) mass is 318 g/mol. The van der Waals surface area contributed by atoms with E-state index in [1.807, 2.05) is 25.2 Å². The van der Waals surface area contributed by atoms with Crippen LogP contribution in [0.25, 0.3) is 0 Å². The fourth-order valence-corrected chi connectivity index (χ4v) is 2.94. The molecule has 0 aromatic carbocycles. The number of halogens is 1. The van der Waals surface area contributed by atoms with Crippen molar-refractivity contribution in [2.45, 2.75) is 6.42 Å². The van der Waals surface area contributed by atoms with Crippen molar-refractivity contribution < 1.29 is 0 Å². The number of hydrogen-bond donors (Lipinski definition) is 2. The molecule has 0 radical (unpaired) electrons. The van der Waals surface area contributed by atoms with Gasteiger partial charge in [-0.2, -0.15) is 0 Å². The summed E-state index contributed by atoms with van der Waals surface area (Å²) in [6, 6.07) is 5.88. The molecule has 6 nitrogen and oxygen atoms in total. The van der Waals surface area contributed by atoms with Gasteiger partial charge in [-0.05, 0) is 24.5 Å². The van der Waals surface area contributed by atoms with Gasteiger partial charge in [0.25, 0.3) is 0 Å². The molecule has 1 unspecified atom stereocenters. The van der Waals surface area contributed by atoms with Crippen LogP contribution in [0.1, 0.15) is 6.42 Å². The van der Waals surface area contributed by atoms with Crippen molar-refractivity contribution in [1.82, 2.24) is 15.0 Å². The summed E-state index contributed by atoms with van der Waals surface area (Å²) in [6.07, 6.45) is 4.42. The van der Waals surface area contributed by atoms with Crippen LogP contribution in [0.2, 0.25) is 5.15 Å². The van der Waals surface area contributed by atoms with Gasteiger partial charge in [-0.3, -0.25) is 0 Å². The molecule has 1 fully saturated rings. The van der Waals surface area contributed by atoms with Crippen LogP contribution in [0.15, 0.2) is 30.7 Å². The minimum absolute atomic E-state index is 0.461. The highest BCUT2D eigenvalue weighted by atomic mass is 35.5. The smallest absolute Gasteiger partial charge is 0.157 e. The fraction of sp³-hybridized carbons (Fsp3) is 0.400. The third-order valence-electron chi connectivity index (χ3n) is 3.85. The maximum Gasteiger partial charge on any atom is 0.157 e. The molecule has 3 rings (SSSR count). The lowest BCUT2D eigenvalue weighted by Crippen LogP contribution is -2.24. The van der Waals surface area contributed by atoms with Crippen molar-refractivity contribution in [2.24, 2.45) is 5.92 Å². The number of hydrogen-bond acceptors (Lipinski definition) is 6. The van der Waals surface area contributed by atoms with Gasteiger partial charge < -0.3 is 15.5 Å². The molecule has 0 aliphatic carbocycles. The second-order valence-corrected chi connectivity index (χ2v) is 5.67. The van der Waals surface area contributed by atoms with Crippen LogP contribution in [0.5, 0.6) is 0 Å². The zero-order valence-electron chi connectivity index (χ0n) is 12.5. The first kappa shape index (κ1) is 14.8. The Morgan fingerprint density at radius 1 is 1.32 bits per heavy atom. The van der Waals surface area contributed by atoms with E-state index in [-0.39, 0.29) is 0 Å². The van der Waals surface area contributed by atoms with Gasteiger partial charge >= 0.3 is 0 Å². The Labute approximate surface area is 134 Å². The van der Waals surface area contributed by atoms with E-state index in [0.29, 0.717) is 11.1 Å². The van der Waals surface area contributed by atoms with Gasteiger partial charge in [0.1, 0.15) is 17.8 Å². The van der Waals surface area contributed by atoms with Crippen LogP contribution in [0.3, 0.4) is 0 Å². The molecule has 2 aromatic rings. The Kier molecular flexibility index (Phi) is 4.58. The summed E-state index contributed by atoms with van der Waals surface area (Å²) in [5.41, 5.74) is 0.794. The molecular formula is C15H19ClN6. The SMILES string of the molecule is CNc1c(Cl)ncnc1N1CCC(CNc2ccccn2)C1. The van der Waals surface area contributed by atoms with Crippen LogP contribution >= 0.6 is 11.6 Å². The molecule has 0 spiro atoms. The predicted octanol–water partition coefficient (Wildman–Crippen LogP) is 2.51. The summed E-state index contributed by atoms with van der Waals surface area (Å²) in [7, 11) is 1.84. The van der Waals surface area contributed by atoms with Gasteiger partial charge in [0, 0.05) is 32.9 Å². The van der Waals surface area contributed by atoms with Crippen molar-refractivity contribution in [3.8, 4) is 0 Å². The molecule has 7 heteroatoms. The molecule has 116 valence electrons. The molecule has 1 aliphatic rings. The number of anilines is 3. The molecule has 0 saturated carbocycles. The molecule has 22 heavy (non-hydrogen) atoms. The second-order valence-electron chi connectivity index (χ2n) is 5.31. The van der Waals surface area contributed by atoms with Crippen LogP contribution in [-0.2, 0) is 0 Å². The van der Waals surface area contributed by atoms with Gasteiger partial charge in [-0.15, -0.1) is 0 Å². The van der Waals surface area contributed by atoms with E-state index in [9.17, 15) is 0 Å². The van der Waals surface area contributed by atoms with Gasteiger partial charge in [0.2, 0.25) is 0 Å². The number of nitrogens with zero attached hydrogens (tertiary/aromatic N) is 4. The average molecular weight is 319 g/mol. The summed E-state index contributed by atoms with van der Waals surface area (Å²) in [5, 5.41) is 6.94. The molecular weight excluding hydrogens is 300 g/mol. The first-order chi connectivity index (χ1) is 10.8. The Morgan fingerprint density at radius 2 is 2.23 bits per heavy atom. The van der Waals surface area contributed by atoms with E-state index >= 15 is 0 Å². The summed E-state index contributed by atoms with van der Waals surface area (Å²) >= 11 is 6.12. The van der Waals surface area contributed by atoms with E-state index < -0.39 is 0 Å². The van der Waals surface area contributed by atoms with E-state index in [1.165, 1.54) is 6.33 Å². The van der Waals surface area contributed by atoms with Crippen LogP contribution < -0.4 is 15.5 Å². The fourth-order valence-electron chi connectivity index (χ4n) is 2.72. The van der Waals surface area contributed by atoms with E-state index in [0.717, 1.165) is 43.4 Å². The highest BCUT2D eigenvalue weighted by Crippen LogP contribution is 2.32. The van der Waals surface area contributed by atoms with Crippen LogP contribution in [-0.4, -0.2) is 41.6 Å². The zero-order chi connectivity index (χ0) is 15.4. The number of pyridine rings is 1. The van der Waals surface area contributed by atoms with Crippen molar-refractivity contribution in [2.75, 3.05) is 42.2 Å². The highest BCUT2D eigenvalue weighted by molar-refractivity contribution is 6.32. The van der Waals surface area contributed by atoms with Crippen molar-refractivity contribution in [3.63, 3.8) is 0 Å². The minimum Gasteiger partial charge on any atom is -0.383 e. The first-order valence-electron chi connectivity index (χ1n) is 7.36. The van der Waals surface area contributed by atoms with E-state index in [1.54, 1.807) is 6.20 Å². The lowest BCUT2D eigenvalue weighted by molar-refractivity contribution is 0.621. The van der Waals surface area contributed by atoms with Gasteiger partial charge in [-0.25, -0.2) is 15.0 Å². The summed E-state index contributed by atoms with van der Waals surface area (Å²) in [4.78, 5) is 14.9. The lowest BCUT2D eigenvalue weighted by Gasteiger charge is -2.20. The number of aromatic nitrogens is 3. The maximum absolute atomic E-state index is 6.12. The average Bonchev–Trinajstić information content (AvgIpc) is 3.02. The van der Waals surface area contributed by atoms with Gasteiger partial charge in [-0.1, -0.05) is 17.7 Å². The number of nitrogens with one attached hydrogen (secondary N) is 2. The molecule has 1 aliphatic heterocycles. The molecule has 0 bridgehead atoms. The first-order valence-corrected chi connectivity index (χ1v) is 7.74. The Hall–Kier alpha value is -2.08. The second kappa shape index (κ2) is 6.79. The zero-order valence-corrected chi connectivity index (χ0v) is 13.2. The van der Waals surface area contributed by atoms with Crippen molar-refractivity contribution in [1.29, 1.82) is 0 Å². The molecule has 1 atom stereocenters. The third-order valence-corrected chi connectivity index (χ3v) is 4.14. The molecule has 2 N–H and O–H groups in total. The molecule has 1 saturated heterocycles. The summed E-state index contributed by atoms with van der Waals surface area (Å²) in [5.74, 6) is 2.35. The topological polar surface area (TPSA) is 66.0 Å². The van der Waals surface area contributed by atoms with Crippen LogP contribution in [0.4, 0.5) is 17.3 Å². The van der Waals surface area contributed by atoms with Gasteiger partial charge in [0.05, 0.1) is 0 Å². The number of rotatable bonds is 5. The normalized spacial score (nSPS) is 17.5. The lowest BCUT2D eigenvalue weighted by atomic mass is 10.1. The van der Waals surface area contributed by atoms with Crippen molar-refractivity contribution in [3.05, 3.63) is 35.9 Å². The Bertz CT molecular complexity index is 621. The van der Waals surface area contributed by atoms with Crippen molar-refractivity contribution >= 4 is 28.9 Å². The Morgan fingerprint density at radius 3 is 3.00 bits per heavy atom. The molecule has 0 amide bonds. The quantitative estimate of drug-likeness (QED) is 0.826. The predicted molar refractivity (Wildman–Crippen MR) is 89.6 cm³/mol. The Balaban J connectivity index is 1.62. The van der Waals surface area contributed by atoms with Gasteiger partial charge in [0.15, 0.2) is 11.0 Å². The largest absolute Gasteiger partial charge is 0.383 e. The highest BCUT2D eigenvalue weighted by Gasteiger charge is 2.26. The minimum atomic E-state index is 0.461. The third kappa shape index (κ3) is 3.22. The maximum atomic E-state index is 6.12.